The van der Waals surface area contributed by atoms with Gasteiger partial charge in [0.05, 0.1) is 12.7 Å². The van der Waals surface area contributed by atoms with Gasteiger partial charge in [0.25, 0.3) is 0 Å². The predicted molar refractivity (Wildman–Crippen MR) is 130 cm³/mol. The lowest BCUT2D eigenvalue weighted by Gasteiger charge is -2.40. The Kier molecular flexibility index (Phi) is 8.27. The summed E-state index contributed by atoms with van der Waals surface area (Å²) in [6.07, 6.45) is 0.736. The summed E-state index contributed by atoms with van der Waals surface area (Å²) in [5.74, 6) is 1.45. The van der Waals surface area contributed by atoms with E-state index in [0.717, 1.165) is 37.0 Å². The van der Waals surface area contributed by atoms with Gasteiger partial charge in [-0.05, 0) is 72.4 Å². The fraction of sp³-hybridized carbons (Fsp3) is 0.571. The third kappa shape index (κ3) is 5.64. The van der Waals surface area contributed by atoms with Crippen molar-refractivity contribution in [2.45, 2.75) is 94.9 Å². The second-order valence-electron chi connectivity index (χ2n) is 9.74. The number of aliphatic hydroxyl groups excluding tert-OH is 4. The average molecular weight is 471 g/mol. The summed E-state index contributed by atoms with van der Waals surface area (Å²) >= 11 is 0. The second-order valence-corrected chi connectivity index (χ2v) is 9.74. The van der Waals surface area contributed by atoms with Gasteiger partial charge < -0.3 is 29.9 Å². The highest BCUT2D eigenvalue weighted by molar-refractivity contribution is 5.42. The van der Waals surface area contributed by atoms with Crippen molar-refractivity contribution in [1.82, 2.24) is 0 Å². The van der Waals surface area contributed by atoms with Gasteiger partial charge in [0.15, 0.2) is 0 Å². The van der Waals surface area contributed by atoms with E-state index in [2.05, 4.69) is 32.0 Å². The van der Waals surface area contributed by atoms with Crippen LogP contribution in [-0.4, -0.2) is 57.6 Å². The first-order chi connectivity index (χ1) is 16.4. The molecule has 2 aliphatic rings. The molecular weight excluding hydrogens is 432 g/mol. The normalized spacial score (nSPS) is 28.0. The third-order valence-corrected chi connectivity index (χ3v) is 7.09. The van der Waals surface area contributed by atoms with Crippen LogP contribution in [0, 0.1) is 0 Å². The molecule has 2 aromatic rings. The van der Waals surface area contributed by atoms with Crippen molar-refractivity contribution in [3.63, 3.8) is 0 Å². The Hall–Kier alpha value is -1.96. The van der Waals surface area contributed by atoms with Gasteiger partial charge in [-0.15, -0.1) is 0 Å². The Bertz CT molecular complexity index is 923. The van der Waals surface area contributed by atoms with Crippen LogP contribution in [0.3, 0.4) is 0 Å². The van der Waals surface area contributed by atoms with Crippen LogP contribution >= 0.6 is 0 Å². The Balaban J connectivity index is 1.54. The molecule has 0 bridgehead atoms. The summed E-state index contributed by atoms with van der Waals surface area (Å²) in [5, 5.41) is 40.5. The minimum Gasteiger partial charge on any atom is -0.490 e. The molecule has 2 fully saturated rings. The molecule has 0 aromatic heterocycles. The maximum absolute atomic E-state index is 10.6. The molecule has 1 saturated heterocycles. The van der Waals surface area contributed by atoms with Gasteiger partial charge in [-0.25, -0.2) is 0 Å². The van der Waals surface area contributed by atoms with E-state index in [0.29, 0.717) is 5.92 Å². The number of ether oxygens (including phenoxy) is 2. The Morgan fingerprint density at radius 3 is 2.32 bits per heavy atom. The van der Waals surface area contributed by atoms with Crippen molar-refractivity contribution in [3.05, 3.63) is 64.7 Å². The average Bonchev–Trinajstić information content (AvgIpc) is 3.69. The molecule has 186 valence electrons. The van der Waals surface area contributed by atoms with E-state index in [1.165, 1.54) is 29.5 Å². The lowest BCUT2D eigenvalue weighted by molar-refractivity contribution is -0.231. The molecule has 1 unspecified atom stereocenters. The van der Waals surface area contributed by atoms with Crippen LogP contribution in [0.4, 0.5) is 0 Å². The predicted octanol–water partition coefficient (Wildman–Crippen LogP) is 3.63. The largest absolute Gasteiger partial charge is 0.490 e. The first-order valence-corrected chi connectivity index (χ1v) is 12.6. The highest BCUT2D eigenvalue weighted by atomic mass is 16.5. The van der Waals surface area contributed by atoms with E-state index in [4.69, 9.17) is 9.47 Å². The van der Waals surface area contributed by atoms with Gasteiger partial charge in [0.1, 0.15) is 36.3 Å². The van der Waals surface area contributed by atoms with E-state index in [-0.39, 0.29) is 6.10 Å². The minimum absolute atomic E-state index is 0.243. The number of rotatable bonds is 10. The van der Waals surface area contributed by atoms with Crippen molar-refractivity contribution in [1.29, 1.82) is 0 Å². The standard InChI is InChI=1S/C28H38O6/c1-3-5-21(4-2)33-22-11-6-17(7-12-22)14-20-15-19(10-13-23(20)18-8-9-18)28-27(32)26(31)25(30)24(16-29)34-28/h6-7,10-13,15,18,21,24-32H,3-5,8-9,14,16H2,1-2H3/t21?,24-,25-,26+,27-,28+/m1/s1. The number of hydrogen-bond donors (Lipinski definition) is 4. The van der Waals surface area contributed by atoms with Gasteiger partial charge in [0, 0.05) is 0 Å². The van der Waals surface area contributed by atoms with Crippen LogP contribution in [0.5, 0.6) is 5.75 Å². The number of benzene rings is 2. The fourth-order valence-corrected chi connectivity index (χ4v) is 4.89. The molecule has 1 aliphatic heterocycles. The molecule has 6 heteroatoms. The molecule has 1 heterocycles. The quantitative estimate of drug-likeness (QED) is 0.423. The highest BCUT2D eigenvalue weighted by Gasteiger charge is 2.44. The Morgan fingerprint density at radius 2 is 1.71 bits per heavy atom. The van der Waals surface area contributed by atoms with Gasteiger partial charge in [0.2, 0.25) is 0 Å². The summed E-state index contributed by atoms with van der Waals surface area (Å²) in [6.45, 7) is 3.89. The Labute approximate surface area is 202 Å². The van der Waals surface area contributed by atoms with Crippen molar-refractivity contribution < 1.29 is 29.9 Å². The molecule has 4 rings (SSSR count). The van der Waals surface area contributed by atoms with Crippen molar-refractivity contribution in [2.75, 3.05) is 6.61 Å². The summed E-state index contributed by atoms with van der Waals surface area (Å²) in [7, 11) is 0. The summed E-state index contributed by atoms with van der Waals surface area (Å²) in [4.78, 5) is 0. The van der Waals surface area contributed by atoms with E-state index >= 15 is 0 Å². The zero-order chi connectivity index (χ0) is 24.2. The molecule has 1 aliphatic carbocycles. The number of hydrogen-bond acceptors (Lipinski definition) is 6. The van der Waals surface area contributed by atoms with Gasteiger partial charge >= 0.3 is 0 Å². The van der Waals surface area contributed by atoms with Gasteiger partial charge in [-0.3, -0.25) is 0 Å². The van der Waals surface area contributed by atoms with E-state index in [1.807, 2.05) is 24.3 Å². The molecule has 6 nitrogen and oxygen atoms in total. The lowest BCUT2D eigenvalue weighted by atomic mass is 9.88. The summed E-state index contributed by atoms with van der Waals surface area (Å²) in [5.41, 5.74) is 4.39. The molecule has 6 atom stereocenters. The monoisotopic (exact) mass is 470 g/mol. The van der Waals surface area contributed by atoms with Gasteiger partial charge in [-0.2, -0.15) is 0 Å². The molecule has 0 radical (unpaired) electrons. The topological polar surface area (TPSA) is 99.4 Å². The molecule has 1 saturated carbocycles. The van der Waals surface area contributed by atoms with E-state index in [1.54, 1.807) is 0 Å². The molecule has 0 spiro atoms. The van der Waals surface area contributed by atoms with Crippen LogP contribution in [0.15, 0.2) is 42.5 Å². The SMILES string of the molecule is CCCC(CC)Oc1ccc(Cc2cc([C@@H]3O[C@H](CO)[C@@H](O)[C@H](O)[C@H]3O)ccc2C2CC2)cc1. The van der Waals surface area contributed by atoms with Gasteiger partial charge in [-0.1, -0.05) is 50.6 Å². The third-order valence-electron chi connectivity index (χ3n) is 7.09. The molecule has 34 heavy (non-hydrogen) atoms. The minimum atomic E-state index is -1.38. The first-order valence-electron chi connectivity index (χ1n) is 12.6. The van der Waals surface area contributed by atoms with Crippen LogP contribution in [0.2, 0.25) is 0 Å². The van der Waals surface area contributed by atoms with Crippen LogP contribution in [0.25, 0.3) is 0 Å². The molecule has 0 amide bonds. The lowest BCUT2D eigenvalue weighted by Crippen LogP contribution is -2.55. The van der Waals surface area contributed by atoms with E-state index in [9.17, 15) is 20.4 Å². The first kappa shape index (κ1) is 25.1. The fourth-order valence-electron chi connectivity index (χ4n) is 4.89. The molecule has 2 aromatic carbocycles. The maximum Gasteiger partial charge on any atom is 0.119 e. The van der Waals surface area contributed by atoms with Crippen LogP contribution in [-0.2, 0) is 11.2 Å². The smallest absolute Gasteiger partial charge is 0.119 e. The zero-order valence-corrected chi connectivity index (χ0v) is 20.1. The molecular formula is C28H38O6. The van der Waals surface area contributed by atoms with Crippen molar-refractivity contribution >= 4 is 0 Å². The van der Waals surface area contributed by atoms with E-state index < -0.39 is 37.1 Å². The summed E-state index contributed by atoms with van der Waals surface area (Å²) in [6, 6.07) is 14.3. The zero-order valence-electron chi connectivity index (χ0n) is 20.1. The van der Waals surface area contributed by atoms with Crippen LogP contribution in [0.1, 0.15) is 80.2 Å². The second kappa shape index (κ2) is 11.2. The molecule has 4 N–H and O–H groups in total. The summed E-state index contributed by atoms with van der Waals surface area (Å²) < 4.78 is 11.9. The van der Waals surface area contributed by atoms with Crippen molar-refractivity contribution in [3.8, 4) is 5.75 Å². The maximum atomic E-state index is 10.6. The van der Waals surface area contributed by atoms with Crippen molar-refractivity contribution in [2.24, 2.45) is 0 Å². The Morgan fingerprint density at radius 1 is 0.971 bits per heavy atom. The highest BCUT2D eigenvalue weighted by Crippen LogP contribution is 2.43. The number of aliphatic hydroxyl groups is 4. The van der Waals surface area contributed by atoms with Crippen LogP contribution < -0.4 is 4.74 Å².